The zero-order valence-corrected chi connectivity index (χ0v) is 16.0. The molecule has 0 unspecified atom stereocenters. The number of benzene rings is 2. The van der Waals surface area contributed by atoms with E-state index in [0.717, 1.165) is 18.5 Å². The summed E-state index contributed by atoms with van der Waals surface area (Å²) in [6, 6.07) is 13.7. The summed E-state index contributed by atoms with van der Waals surface area (Å²) in [6.07, 6.45) is 3.22. The second-order valence-corrected chi connectivity index (χ2v) is 7.00. The number of nitrogens with zero attached hydrogens (tertiary/aromatic N) is 1. The monoisotopic (exact) mass is 396 g/mol. The first-order valence-electron chi connectivity index (χ1n) is 9.67. The van der Waals surface area contributed by atoms with Crippen LogP contribution in [0.5, 0.6) is 0 Å². The van der Waals surface area contributed by atoms with Gasteiger partial charge in [0.1, 0.15) is 5.56 Å². The van der Waals surface area contributed by atoms with Gasteiger partial charge >= 0.3 is 0 Å². The Morgan fingerprint density at radius 1 is 1.00 bits per heavy atom. The first kappa shape index (κ1) is 20.5. The third-order valence-corrected chi connectivity index (χ3v) is 4.65. The van der Waals surface area contributed by atoms with Gasteiger partial charge in [0.25, 0.3) is 17.5 Å². The first-order chi connectivity index (χ1) is 14.0. The van der Waals surface area contributed by atoms with Gasteiger partial charge in [-0.3, -0.25) is 19.7 Å². The summed E-state index contributed by atoms with van der Waals surface area (Å²) in [4.78, 5) is 35.6. The number of nitrogens with one attached hydrogen (secondary N) is 3. The van der Waals surface area contributed by atoms with Crippen LogP contribution in [-0.2, 0) is 6.54 Å². The quantitative estimate of drug-likeness (QED) is 0.324. The van der Waals surface area contributed by atoms with Crippen LogP contribution in [0.4, 0.5) is 5.69 Å². The Balaban J connectivity index is 1.62. The third kappa shape index (κ3) is 6.11. The van der Waals surface area contributed by atoms with Crippen LogP contribution < -0.4 is 16.0 Å². The molecular formula is C21H24N4O4. The van der Waals surface area contributed by atoms with E-state index in [4.69, 9.17) is 0 Å². The van der Waals surface area contributed by atoms with Gasteiger partial charge in [0.05, 0.1) is 4.92 Å². The summed E-state index contributed by atoms with van der Waals surface area (Å²) in [6.45, 7) is 1.56. The smallest absolute Gasteiger partial charge is 0.282 e. The molecule has 0 bridgehead atoms. The van der Waals surface area contributed by atoms with Gasteiger partial charge in [0, 0.05) is 30.8 Å². The lowest BCUT2D eigenvalue weighted by atomic mass is 10.1. The van der Waals surface area contributed by atoms with Crippen LogP contribution in [0.2, 0.25) is 0 Å². The highest BCUT2D eigenvalue weighted by molar-refractivity contribution is 6.02. The van der Waals surface area contributed by atoms with E-state index < -0.39 is 10.8 Å². The van der Waals surface area contributed by atoms with E-state index in [-0.39, 0.29) is 29.3 Å². The maximum Gasteiger partial charge on any atom is 0.282 e. The van der Waals surface area contributed by atoms with Crippen LogP contribution in [0.15, 0.2) is 48.5 Å². The van der Waals surface area contributed by atoms with E-state index in [1.807, 2.05) is 30.3 Å². The third-order valence-electron chi connectivity index (χ3n) is 4.65. The maximum atomic E-state index is 12.5. The van der Waals surface area contributed by atoms with Crippen molar-refractivity contribution in [2.75, 3.05) is 13.1 Å². The van der Waals surface area contributed by atoms with Crippen molar-refractivity contribution in [3.8, 4) is 0 Å². The summed E-state index contributed by atoms with van der Waals surface area (Å²) in [5.41, 5.74) is 0.627. The van der Waals surface area contributed by atoms with Gasteiger partial charge in [-0.2, -0.15) is 0 Å². The molecular weight excluding hydrogens is 372 g/mol. The van der Waals surface area contributed by atoms with Crippen LogP contribution >= 0.6 is 0 Å². The van der Waals surface area contributed by atoms with E-state index in [1.165, 1.54) is 31.0 Å². The molecule has 2 aromatic rings. The van der Waals surface area contributed by atoms with Gasteiger partial charge in [0.15, 0.2) is 0 Å². The van der Waals surface area contributed by atoms with Crippen molar-refractivity contribution in [2.24, 2.45) is 0 Å². The van der Waals surface area contributed by atoms with Gasteiger partial charge in [-0.25, -0.2) is 0 Å². The molecule has 8 heteroatoms. The molecule has 0 aliphatic heterocycles. The van der Waals surface area contributed by atoms with Crippen molar-refractivity contribution in [1.29, 1.82) is 0 Å². The molecule has 0 aromatic heterocycles. The van der Waals surface area contributed by atoms with Crippen LogP contribution in [0.25, 0.3) is 0 Å². The minimum absolute atomic E-state index is 0.131. The molecule has 3 rings (SSSR count). The average Bonchev–Trinajstić information content (AvgIpc) is 3.56. The molecule has 1 aliphatic carbocycles. The molecule has 29 heavy (non-hydrogen) atoms. The van der Waals surface area contributed by atoms with Crippen molar-refractivity contribution >= 4 is 17.5 Å². The molecule has 1 saturated carbocycles. The molecule has 2 aromatic carbocycles. The standard InChI is InChI=1S/C21H24N4O4/c26-20(23-12-4-11-22-17-8-9-17)16-7-10-19(25(28)29)18(13-16)21(27)24-14-15-5-2-1-3-6-15/h1-3,5-7,10,13,17,22H,4,8-9,11-12,14H2,(H,23,26)(H,24,27). The zero-order chi connectivity index (χ0) is 20.6. The largest absolute Gasteiger partial charge is 0.352 e. The Labute approximate surface area is 168 Å². The molecule has 1 fully saturated rings. The molecule has 1 aliphatic rings. The average molecular weight is 396 g/mol. The number of nitro benzene ring substituents is 1. The molecule has 0 saturated heterocycles. The van der Waals surface area contributed by atoms with E-state index in [2.05, 4.69) is 16.0 Å². The van der Waals surface area contributed by atoms with Gasteiger partial charge in [0.2, 0.25) is 0 Å². The van der Waals surface area contributed by atoms with E-state index in [9.17, 15) is 19.7 Å². The van der Waals surface area contributed by atoms with Crippen molar-refractivity contribution < 1.29 is 14.5 Å². The zero-order valence-electron chi connectivity index (χ0n) is 16.0. The number of hydrogen-bond donors (Lipinski definition) is 3. The van der Waals surface area contributed by atoms with Crippen molar-refractivity contribution in [1.82, 2.24) is 16.0 Å². The number of hydrogen-bond acceptors (Lipinski definition) is 5. The number of rotatable bonds is 10. The van der Waals surface area contributed by atoms with Gasteiger partial charge in [-0.1, -0.05) is 30.3 Å². The van der Waals surface area contributed by atoms with E-state index >= 15 is 0 Å². The summed E-state index contributed by atoms with van der Waals surface area (Å²) in [7, 11) is 0. The SMILES string of the molecule is O=C(NCCCNC1CC1)c1ccc([N+](=O)[O-])c(C(=O)NCc2ccccc2)c1. The fourth-order valence-corrected chi connectivity index (χ4v) is 2.88. The molecule has 8 nitrogen and oxygen atoms in total. The topological polar surface area (TPSA) is 113 Å². The Morgan fingerprint density at radius 3 is 2.45 bits per heavy atom. The molecule has 0 heterocycles. The van der Waals surface area contributed by atoms with Crippen LogP contribution in [0, 0.1) is 10.1 Å². The Morgan fingerprint density at radius 2 is 1.76 bits per heavy atom. The van der Waals surface area contributed by atoms with Crippen molar-refractivity contribution in [3.05, 3.63) is 75.3 Å². The second-order valence-electron chi connectivity index (χ2n) is 7.00. The second kappa shape index (κ2) is 9.79. The summed E-state index contributed by atoms with van der Waals surface area (Å²) in [5, 5.41) is 20.1. The maximum absolute atomic E-state index is 12.5. The number of amides is 2. The van der Waals surface area contributed by atoms with Gasteiger partial charge < -0.3 is 16.0 Å². The lowest BCUT2D eigenvalue weighted by Gasteiger charge is -2.09. The molecule has 3 N–H and O–H groups in total. The Kier molecular flexibility index (Phi) is 6.91. The van der Waals surface area contributed by atoms with E-state index in [1.54, 1.807) is 0 Å². The van der Waals surface area contributed by atoms with Crippen molar-refractivity contribution in [2.45, 2.75) is 31.8 Å². The highest BCUT2D eigenvalue weighted by Gasteiger charge is 2.22. The minimum Gasteiger partial charge on any atom is -0.352 e. The number of nitro groups is 1. The number of carbonyl (C=O) groups is 2. The highest BCUT2D eigenvalue weighted by atomic mass is 16.6. The van der Waals surface area contributed by atoms with E-state index in [0.29, 0.717) is 12.6 Å². The highest BCUT2D eigenvalue weighted by Crippen LogP contribution is 2.20. The fraction of sp³-hybridized carbons (Fsp3) is 0.333. The molecule has 2 amide bonds. The van der Waals surface area contributed by atoms with Crippen LogP contribution in [0.3, 0.4) is 0 Å². The van der Waals surface area contributed by atoms with Crippen LogP contribution in [0.1, 0.15) is 45.5 Å². The first-order valence-corrected chi connectivity index (χ1v) is 9.67. The summed E-state index contributed by atoms with van der Waals surface area (Å²) in [5.74, 6) is -0.952. The normalized spacial score (nSPS) is 13.0. The fourth-order valence-electron chi connectivity index (χ4n) is 2.88. The number of carbonyl (C=O) groups excluding carboxylic acids is 2. The predicted octanol–water partition coefficient (Wildman–Crippen LogP) is 2.40. The summed E-state index contributed by atoms with van der Waals surface area (Å²) < 4.78 is 0. The molecule has 152 valence electrons. The van der Waals surface area contributed by atoms with Crippen molar-refractivity contribution in [3.63, 3.8) is 0 Å². The predicted molar refractivity (Wildman–Crippen MR) is 109 cm³/mol. The van der Waals surface area contributed by atoms with Gasteiger partial charge in [-0.05, 0) is 43.5 Å². The Hall–Kier alpha value is -3.26. The molecule has 0 atom stereocenters. The summed E-state index contributed by atoms with van der Waals surface area (Å²) >= 11 is 0. The lowest BCUT2D eigenvalue weighted by Crippen LogP contribution is -2.28. The van der Waals surface area contributed by atoms with Gasteiger partial charge in [-0.15, -0.1) is 0 Å². The lowest BCUT2D eigenvalue weighted by molar-refractivity contribution is -0.385. The Bertz CT molecular complexity index is 882. The molecule has 0 spiro atoms. The molecule has 0 radical (unpaired) electrons. The minimum atomic E-state index is -0.622. The van der Waals surface area contributed by atoms with Crippen LogP contribution in [-0.4, -0.2) is 35.9 Å².